The molecule has 11 heteroatoms. The number of hydrogen-bond donors (Lipinski definition) is 4. The molecule has 4 N–H and O–H groups in total. The predicted octanol–water partition coefficient (Wildman–Crippen LogP) is -0.876. The summed E-state index contributed by atoms with van der Waals surface area (Å²) in [5.74, 6) is -6.65. The molecule has 1 spiro atoms. The fourth-order valence-corrected chi connectivity index (χ4v) is 7.81. The lowest BCUT2D eigenvalue weighted by molar-refractivity contribution is -0.346. The van der Waals surface area contributed by atoms with E-state index in [-0.39, 0.29) is 13.0 Å². The van der Waals surface area contributed by atoms with Gasteiger partial charge in [0.2, 0.25) is 11.3 Å². The quantitative estimate of drug-likeness (QED) is 0.376. The molecule has 6 rings (SSSR count). The number of aliphatic hydroxyl groups excluding tert-OH is 1. The van der Waals surface area contributed by atoms with E-state index in [2.05, 4.69) is 0 Å². The smallest absolute Gasteiger partial charge is 0.305 e. The van der Waals surface area contributed by atoms with E-state index in [9.17, 15) is 34.8 Å². The highest BCUT2D eigenvalue weighted by atomic mass is 16.7. The van der Waals surface area contributed by atoms with E-state index in [1.54, 1.807) is 26.0 Å². The lowest BCUT2D eigenvalue weighted by Crippen LogP contribution is -2.67. The Balaban J connectivity index is 1.57. The van der Waals surface area contributed by atoms with Gasteiger partial charge in [-0.05, 0) is 51.2 Å². The fraction of sp³-hybridized carbons (Fsp3) is 0.640. The van der Waals surface area contributed by atoms with Gasteiger partial charge >= 0.3 is 5.97 Å². The molecule has 36 heavy (non-hydrogen) atoms. The van der Waals surface area contributed by atoms with E-state index < -0.39 is 64.0 Å². The highest BCUT2D eigenvalue weighted by Crippen LogP contribution is 2.75. The molecule has 3 saturated heterocycles. The zero-order valence-electron chi connectivity index (χ0n) is 20.5. The van der Waals surface area contributed by atoms with Crippen LogP contribution in [0.2, 0.25) is 0 Å². The zero-order valence-corrected chi connectivity index (χ0v) is 20.5. The van der Waals surface area contributed by atoms with E-state index in [4.69, 9.17) is 9.47 Å². The molecule has 4 aliphatic heterocycles. The van der Waals surface area contributed by atoms with Crippen molar-refractivity contribution in [3.63, 3.8) is 0 Å². The number of ether oxygens (including phenoxy) is 2. The van der Waals surface area contributed by atoms with Gasteiger partial charge in [-0.3, -0.25) is 14.4 Å². The number of carbonyl (C=O) groups is 3. The summed E-state index contributed by atoms with van der Waals surface area (Å²) in [7, 11) is 1.28. The number of nitrogens with zero attached hydrogens (tertiary/aromatic N) is 2. The van der Waals surface area contributed by atoms with Crippen molar-refractivity contribution in [2.75, 3.05) is 18.6 Å². The third-order valence-corrected chi connectivity index (χ3v) is 9.34. The van der Waals surface area contributed by atoms with Crippen LogP contribution in [0.4, 0.5) is 5.69 Å². The van der Waals surface area contributed by atoms with Crippen molar-refractivity contribution in [3.8, 4) is 0 Å². The molecule has 0 saturated carbocycles. The van der Waals surface area contributed by atoms with Gasteiger partial charge < -0.3 is 39.7 Å². The van der Waals surface area contributed by atoms with Crippen molar-refractivity contribution in [2.45, 2.75) is 74.4 Å². The normalized spacial score (nSPS) is 41.6. The van der Waals surface area contributed by atoms with Crippen LogP contribution in [-0.4, -0.2) is 85.5 Å². The summed E-state index contributed by atoms with van der Waals surface area (Å²) >= 11 is 0. The van der Waals surface area contributed by atoms with Crippen LogP contribution in [0.5, 0.6) is 0 Å². The molecule has 0 aromatic heterocycles. The first kappa shape index (κ1) is 23.8. The Morgan fingerprint density at radius 1 is 1.22 bits per heavy atom. The number of rotatable bonds is 5. The second-order valence-corrected chi connectivity index (χ2v) is 11.2. The molecule has 1 aliphatic carbocycles. The van der Waals surface area contributed by atoms with Gasteiger partial charge in [0.05, 0.1) is 24.8 Å². The minimum absolute atomic E-state index is 0.0835. The summed E-state index contributed by atoms with van der Waals surface area (Å²) in [6, 6.07) is 5.39. The molecule has 194 valence electrons. The number of esters is 1. The molecule has 3 fully saturated rings. The maximum absolute atomic E-state index is 14.3. The number of methoxy groups -OCH3 is 1. The van der Waals surface area contributed by atoms with E-state index in [0.717, 1.165) is 17.4 Å². The van der Waals surface area contributed by atoms with Crippen LogP contribution in [-0.2, 0) is 35.9 Å². The minimum Gasteiger partial charge on any atom is -0.469 e. The molecule has 0 bridgehead atoms. The zero-order chi connectivity index (χ0) is 26.2. The Morgan fingerprint density at radius 3 is 2.56 bits per heavy atom. The highest BCUT2D eigenvalue weighted by Gasteiger charge is 2.95. The summed E-state index contributed by atoms with van der Waals surface area (Å²) in [6.45, 7) is 4.71. The van der Waals surface area contributed by atoms with Crippen molar-refractivity contribution in [3.05, 3.63) is 29.3 Å². The number of anilines is 1. The molecule has 5 aliphatic rings. The van der Waals surface area contributed by atoms with Gasteiger partial charge in [0.1, 0.15) is 0 Å². The van der Waals surface area contributed by atoms with Crippen LogP contribution in [0, 0.1) is 11.8 Å². The number of carbonyl (C=O) groups excluding carboxylic acids is 3. The molecule has 0 unspecified atom stereocenters. The highest BCUT2D eigenvalue weighted by molar-refractivity contribution is 6.09. The molecule has 1 aromatic rings. The molecule has 7 atom stereocenters. The number of amides is 2. The van der Waals surface area contributed by atoms with Gasteiger partial charge in [-0.1, -0.05) is 12.1 Å². The van der Waals surface area contributed by atoms with Gasteiger partial charge in [0.15, 0.2) is 5.60 Å². The summed E-state index contributed by atoms with van der Waals surface area (Å²) in [6.07, 6.45) is -1.04. The van der Waals surface area contributed by atoms with Crippen LogP contribution in [0.1, 0.15) is 44.7 Å². The first-order chi connectivity index (χ1) is 16.8. The Bertz CT molecular complexity index is 1230. The van der Waals surface area contributed by atoms with E-state index in [1.165, 1.54) is 12.0 Å². The summed E-state index contributed by atoms with van der Waals surface area (Å²) in [5, 5.41) is 46.3. The van der Waals surface area contributed by atoms with Crippen molar-refractivity contribution in [2.24, 2.45) is 11.8 Å². The monoisotopic (exact) mass is 502 g/mol. The minimum atomic E-state index is -2.99. The second kappa shape index (κ2) is 6.65. The molecule has 11 nitrogen and oxygen atoms in total. The summed E-state index contributed by atoms with van der Waals surface area (Å²) < 4.78 is 10.9. The lowest BCUT2D eigenvalue weighted by atomic mass is 9.61. The van der Waals surface area contributed by atoms with Crippen LogP contribution >= 0.6 is 0 Å². The van der Waals surface area contributed by atoms with Gasteiger partial charge in [-0.15, -0.1) is 0 Å². The van der Waals surface area contributed by atoms with Crippen LogP contribution in [0.3, 0.4) is 0 Å². The first-order valence-corrected chi connectivity index (χ1v) is 12.2. The standard InChI is InChI=1S/C25H30N2O9/c1-12(28)23(32)20(31)27-21(2,3)14-11-13-7-5-8-15-17(13)22(18(14)24(27,33)25(23,34)36-22)19(30)26(15)10-6-9-16(29)35-4/h5,7-8,12,14,18,28,32-34H,6,9-11H2,1-4H3/t12-,14-,18-,22+,23-,24+,25-/m1/s1. The third kappa shape index (κ3) is 2.11. The van der Waals surface area contributed by atoms with Crippen LogP contribution in [0.15, 0.2) is 18.2 Å². The number of aliphatic hydroxyl groups is 4. The van der Waals surface area contributed by atoms with Gasteiger partial charge in [0, 0.05) is 24.1 Å². The molecular weight excluding hydrogens is 472 g/mol. The predicted molar refractivity (Wildman–Crippen MR) is 121 cm³/mol. The van der Waals surface area contributed by atoms with E-state index in [1.807, 2.05) is 6.07 Å². The van der Waals surface area contributed by atoms with Crippen molar-refractivity contribution in [1.82, 2.24) is 4.90 Å². The largest absolute Gasteiger partial charge is 0.469 e. The molecular formula is C25H30N2O9. The van der Waals surface area contributed by atoms with E-state index in [0.29, 0.717) is 24.1 Å². The van der Waals surface area contributed by atoms with Crippen molar-refractivity contribution < 1.29 is 44.3 Å². The van der Waals surface area contributed by atoms with Crippen LogP contribution in [0.25, 0.3) is 0 Å². The van der Waals surface area contributed by atoms with Gasteiger partial charge in [-0.25, -0.2) is 0 Å². The molecule has 1 aromatic carbocycles. The Labute approximate surface area is 207 Å². The molecule has 4 heterocycles. The molecule has 0 radical (unpaired) electrons. The SMILES string of the molecule is COC(=O)CCCN1C(=O)[C@@]23O[C@@]4(O)[C@@]5(O)[C@@H]2[C@@H](Cc2cccc1c23)C(C)(C)N5C(=O)[C@]4(O)[C@@H](C)O. The number of benzene rings is 1. The van der Waals surface area contributed by atoms with Crippen molar-refractivity contribution >= 4 is 23.5 Å². The Hall–Kier alpha value is -2.57. The summed E-state index contributed by atoms with van der Waals surface area (Å²) in [5.41, 5.74) is -6.63. The topological polar surface area (TPSA) is 157 Å². The third-order valence-electron chi connectivity index (χ3n) is 9.34. The van der Waals surface area contributed by atoms with Crippen LogP contribution < -0.4 is 4.90 Å². The maximum atomic E-state index is 14.3. The first-order valence-electron chi connectivity index (χ1n) is 12.2. The Morgan fingerprint density at radius 2 is 1.92 bits per heavy atom. The van der Waals surface area contributed by atoms with Gasteiger partial charge in [-0.2, -0.15) is 0 Å². The average molecular weight is 503 g/mol. The fourth-order valence-electron chi connectivity index (χ4n) is 7.81. The number of hydrogen-bond acceptors (Lipinski definition) is 9. The Kier molecular flexibility index (Phi) is 4.39. The maximum Gasteiger partial charge on any atom is 0.305 e. The summed E-state index contributed by atoms with van der Waals surface area (Å²) in [4.78, 5) is 42.1. The van der Waals surface area contributed by atoms with Crippen molar-refractivity contribution in [1.29, 1.82) is 0 Å². The van der Waals surface area contributed by atoms with E-state index >= 15 is 0 Å². The average Bonchev–Trinajstić information content (AvgIpc) is 3.32. The second-order valence-electron chi connectivity index (χ2n) is 11.2. The van der Waals surface area contributed by atoms with Gasteiger partial charge in [0.25, 0.3) is 17.6 Å². The lowest BCUT2D eigenvalue weighted by Gasteiger charge is -2.42. The molecule has 2 amide bonds.